The Kier molecular flexibility index (Phi) is 5.88. The first-order chi connectivity index (χ1) is 14.6. The molecule has 0 spiro atoms. The SMILES string of the molecule is C=CC(=O)N1CCC[C@@H](N(CC2CC2)c2cc(-c3ccnc(OC)c3)c[nH]c2=O)C1. The molecule has 2 aromatic heterocycles. The van der Waals surface area contributed by atoms with E-state index in [1.807, 2.05) is 23.1 Å². The summed E-state index contributed by atoms with van der Waals surface area (Å²) >= 11 is 0. The number of aromatic amines is 1. The number of anilines is 1. The van der Waals surface area contributed by atoms with Crippen LogP contribution < -0.4 is 15.2 Å². The van der Waals surface area contributed by atoms with Crippen molar-refractivity contribution >= 4 is 11.6 Å². The molecule has 30 heavy (non-hydrogen) atoms. The van der Waals surface area contributed by atoms with Crippen molar-refractivity contribution in [2.24, 2.45) is 5.92 Å². The number of aromatic nitrogens is 2. The summed E-state index contributed by atoms with van der Waals surface area (Å²) < 4.78 is 5.24. The summed E-state index contributed by atoms with van der Waals surface area (Å²) in [5.41, 5.74) is 2.39. The number of hydrogen-bond donors (Lipinski definition) is 1. The maximum atomic E-state index is 12.9. The Morgan fingerprint density at radius 1 is 1.37 bits per heavy atom. The number of nitrogens with one attached hydrogen (secondary N) is 1. The molecule has 0 aromatic carbocycles. The predicted molar refractivity (Wildman–Crippen MR) is 117 cm³/mol. The number of carbonyl (C=O) groups is 1. The third kappa shape index (κ3) is 4.40. The van der Waals surface area contributed by atoms with Crippen molar-refractivity contribution in [2.45, 2.75) is 31.7 Å². The minimum absolute atomic E-state index is 0.0439. The van der Waals surface area contributed by atoms with Gasteiger partial charge in [0.05, 0.1) is 7.11 Å². The average Bonchev–Trinajstić information content (AvgIpc) is 3.62. The molecule has 1 aliphatic carbocycles. The van der Waals surface area contributed by atoms with Crippen molar-refractivity contribution in [1.29, 1.82) is 0 Å². The molecule has 1 N–H and O–H groups in total. The number of ether oxygens (including phenoxy) is 1. The van der Waals surface area contributed by atoms with Crippen LogP contribution in [0.25, 0.3) is 11.1 Å². The minimum atomic E-state index is -0.104. The van der Waals surface area contributed by atoms with Crippen LogP contribution in [0.5, 0.6) is 5.88 Å². The van der Waals surface area contributed by atoms with Gasteiger partial charge in [-0.3, -0.25) is 9.59 Å². The summed E-state index contributed by atoms with van der Waals surface area (Å²) in [6, 6.07) is 5.82. The van der Waals surface area contributed by atoms with E-state index >= 15 is 0 Å². The third-order valence-corrected chi connectivity index (χ3v) is 5.95. The number of likely N-dealkylation sites (tertiary alicyclic amines) is 1. The van der Waals surface area contributed by atoms with Crippen molar-refractivity contribution in [3.05, 3.63) is 53.6 Å². The van der Waals surface area contributed by atoms with Crippen molar-refractivity contribution in [1.82, 2.24) is 14.9 Å². The Morgan fingerprint density at radius 2 is 2.20 bits per heavy atom. The van der Waals surface area contributed by atoms with Crippen LogP contribution in [0.2, 0.25) is 0 Å². The van der Waals surface area contributed by atoms with Gasteiger partial charge in [-0.2, -0.15) is 0 Å². The van der Waals surface area contributed by atoms with Gasteiger partial charge in [0.15, 0.2) is 0 Å². The largest absolute Gasteiger partial charge is 0.481 e. The summed E-state index contributed by atoms with van der Waals surface area (Å²) in [5.74, 6) is 1.10. The first-order valence-corrected chi connectivity index (χ1v) is 10.5. The van der Waals surface area contributed by atoms with Gasteiger partial charge in [0, 0.05) is 49.7 Å². The highest BCUT2D eigenvalue weighted by atomic mass is 16.5. The first kappa shape index (κ1) is 20.2. The van der Waals surface area contributed by atoms with Crippen molar-refractivity contribution in [2.75, 3.05) is 31.6 Å². The van der Waals surface area contributed by atoms with Gasteiger partial charge in [-0.1, -0.05) is 6.58 Å². The van der Waals surface area contributed by atoms with E-state index in [9.17, 15) is 9.59 Å². The summed E-state index contributed by atoms with van der Waals surface area (Å²) in [6.07, 6.45) is 9.06. The molecule has 1 saturated carbocycles. The second kappa shape index (κ2) is 8.73. The molecule has 1 aliphatic heterocycles. The maximum absolute atomic E-state index is 12.9. The maximum Gasteiger partial charge on any atom is 0.271 e. The highest BCUT2D eigenvalue weighted by molar-refractivity contribution is 5.87. The van der Waals surface area contributed by atoms with Gasteiger partial charge in [-0.05, 0) is 55.4 Å². The number of H-pyrrole nitrogens is 1. The van der Waals surface area contributed by atoms with E-state index in [4.69, 9.17) is 4.74 Å². The van der Waals surface area contributed by atoms with E-state index in [0.29, 0.717) is 24.0 Å². The molecule has 1 amide bonds. The van der Waals surface area contributed by atoms with Crippen LogP contribution in [-0.4, -0.2) is 53.6 Å². The van der Waals surface area contributed by atoms with E-state index in [2.05, 4.69) is 21.4 Å². The molecular formula is C23H28N4O3. The zero-order chi connectivity index (χ0) is 21.1. The first-order valence-electron chi connectivity index (χ1n) is 10.5. The molecular weight excluding hydrogens is 380 g/mol. The zero-order valence-electron chi connectivity index (χ0n) is 17.3. The molecule has 0 radical (unpaired) electrons. The smallest absolute Gasteiger partial charge is 0.271 e. The summed E-state index contributed by atoms with van der Waals surface area (Å²) in [5, 5.41) is 0. The zero-order valence-corrected chi connectivity index (χ0v) is 17.3. The van der Waals surface area contributed by atoms with Gasteiger partial charge >= 0.3 is 0 Å². The quantitative estimate of drug-likeness (QED) is 0.713. The number of piperidine rings is 1. The molecule has 7 nitrogen and oxygen atoms in total. The summed E-state index contributed by atoms with van der Waals surface area (Å²) in [4.78, 5) is 36.2. The monoisotopic (exact) mass is 408 g/mol. The fourth-order valence-electron chi connectivity index (χ4n) is 4.11. The van der Waals surface area contributed by atoms with Crippen LogP contribution in [0.3, 0.4) is 0 Å². The topological polar surface area (TPSA) is 78.5 Å². The van der Waals surface area contributed by atoms with Crippen molar-refractivity contribution in [3.8, 4) is 17.0 Å². The molecule has 0 bridgehead atoms. The van der Waals surface area contributed by atoms with Gasteiger partial charge in [0.2, 0.25) is 11.8 Å². The fourth-order valence-corrected chi connectivity index (χ4v) is 4.11. The second-order valence-electron chi connectivity index (χ2n) is 8.07. The molecule has 0 unspecified atom stereocenters. The number of amides is 1. The van der Waals surface area contributed by atoms with Gasteiger partial charge in [-0.25, -0.2) is 4.98 Å². The minimum Gasteiger partial charge on any atom is -0.481 e. The Balaban J connectivity index is 1.67. The highest BCUT2D eigenvalue weighted by Gasteiger charge is 2.33. The number of nitrogens with zero attached hydrogens (tertiary/aromatic N) is 3. The number of hydrogen-bond acceptors (Lipinski definition) is 5. The summed E-state index contributed by atoms with van der Waals surface area (Å²) in [6.45, 7) is 5.82. The highest BCUT2D eigenvalue weighted by Crippen LogP contribution is 2.34. The van der Waals surface area contributed by atoms with Crippen LogP contribution in [0.4, 0.5) is 5.69 Å². The Hall–Kier alpha value is -3.09. The van der Waals surface area contributed by atoms with Gasteiger partial charge in [0.1, 0.15) is 5.69 Å². The lowest BCUT2D eigenvalue weighted by atomic mass is 10.0. The molecule has 4 rings (SSSR count). The Bertz CT molecular complexity index is 982. The lowest BCUT2D eigenvalue weighted by molar-refractivity contribution is -0.127. The fraction of sp³-hybridized carbons (Fsp3) is 0.435. The van der Waals surface area contributed by atoms with E-state index in [-0.39, 0.29) is 17.5 Å². The van der Waals surface area contributed by atoms with Crippen molar-refractivity contribution in [3.63, 3.8) is 0 Å². The number of pyridine rings is 2. The molecule has 3 heterocycles. The standard InChI is InChI=1S/C23H28N4O3/c1-3-22(28)26-10-4-5-19(15-26)27(14-16-6-7-16)20-11-18(13-25-23(20)29)17-8-9-24-21(12-17)30-2/h3,8-9,11-13,16,19H,1,4-7,10,14-15H2,2H3,(H,25,29)/t19-/m1/s1. The molecule has 2 aliphatic rings. The van der Waals surface area contributed by atoms with Crippen LogP contribution in [0.15, 0.2) is 48.0 Å². The third-order valence-electron chi connectivity index (χ3n) is 5.95. The normalized spacial score (nSPS) is 18.7. The van der Waals surface area contributed by atoms with Gasteiger partial charge < -0.3 is 19.5 Å². The lowest BCUT2D eigenvalue weighted by Gasteiger charge is -2.40. The Morgan fingerprint density at radius 3 is 2.93 bits per heavy atom. The van der Waals surface area contributed by atoms with Crippen LogP contribution in [-0.2, 0) is 4.79 Å². The van der Waals surface area contributed by atoms with Crippen LogP contribution in [0, 0.1) is 5.92 Å². The summed E-state index contributed by atoms with van der Waals surface area (Å²) in [7, 11) is 1.58. The average molecular weight is 409 g/mol. The van der Waals surface area contributed by atoms with Crippen LogP contribution in [0.1, 0.15) is 25.7 Å². The molecule has 2 fully saturated rings. The molecule has 1 atom stereocenters. The van der Waals surface area contributed by atoms with Crippen LogP contribution >= 0.6 is 0 Å². The van der Waals surface area contributed by atoms with Crippen molar-refractivity contribution < 1.29 is 9.53 Å². The molecule has 7 heteroatoms. The van der Waals surface area contributed by atoms with E-state index in [1.165, 1.54) is 18.9 Å². The predicted octanol–water partition coefficient (Wildman–Crippen LogP) is 2.84. The lowest BCUT2D eigenvalue weighted by Crippen LogP contribution is -2.51. The molecule has 2 aromatic rings. The van der Waals surface area contributed by atoms with E-state index in [0.717, 1.165) is 37.1 Å². The number of methoxy groups -OCH3 is 1. The number of carbonyl (C=O) groups excluding carboxylic acids is 1. The molecule has 1 saturated heterocycles. The number of rotatable bonds is 7. The second-order valence-corrected chi connectivity index (χ2v) is 8.07. The molecule has 158 valence electrons. The van der Waals surface area contributed by atoms with E-state index < -0.39 is 0 Å². The van der Waals surface area contributed by atoms with E-state index in [1.54, 1.807) is 19.5 Å². The van der Waals surface area contributed by atoms with Gasteiger partial charge in [0.25, 0.3) is 5.56 Å². The van der Waals surface area contributed by atoms with Gasteiger partial charge in [-0.15, -0.1) is 0 Å². The Labute approximate surface area is 176 Å².